The third-order valence-electron chi connectivity index (χ3n) is 2.72. The molecule has 1 aromatic carbocycles. The lowest BCUT2D eigenvalue weighted by molar-refractivity contribution is 0.393. The third-order valence-corrected chi connectivity index (χ3v) is 2.72. The average Bonchev–Trinajstić information content (AvgIpc) is 2.39. The van der Waals surface area contributed by atoms with E-state index in [1.807, 2.05) is 12.3 Å². The maximum absolute atomic E-state index is 5.68. The Hall–Kier alpha value is -1.87. The molecule has 2 rings (SSSR count). The first-order chi connectivity index (χ1) is 8.24. The highest BCUT2D eigenvalue weighted by atomic mass is 16.5. The molecule has 0 amide bonds. The number of hydrogen-bond donors (Lipinski definition) is 1. The zero-order chi connectivity index (χ0) is 12.3. The van der Waals surface area contributed by atoms with E-state index in [4.69, 9.17) is 10.5 Å². The molecule has 2 N–H and O–H groups in total. The number of methoxy groups -OCH3 is 1. The van der Waals surface area contributed by atoms with Gasteiger partial charge in [0.2, 0.25) is 5.88 Å². The molecule has 0 spiro atoms. The Bertz CT molecular complexity index is 506. The van der Waals surface area contributed by atoms with E-state index < -0.39 is 0 Å². The predicted octanol–water partition coefficient (Wildman–Crippen LogP) is 2.52. The molecule has 0 saturated heterocycles. The van der Waals surface area contributed by atoms with Gasteiger partial charge in [0.15, 0.2) is 0 Å². The van der Waals surface area contributed by atoms with Crippen LogP contribution in [0.25, 0.3) is 11.1 Å². The Kier molecular flexibility index (Phi) is 3.40. The Morgan fingerprint density at radius 1 is 1.18 bits per heavy atom. The van der Waals surface area contributed by atoms with Crippen molar-refractivity contribution in [3.05, 3.63) is 47.7 Å². The van der Waals surface area contributed by atoms with Gasteiger partial charge in [0.25, 0.3) is 0 Å². The lowest BCUT2D eigenvalue weighted by Gasteiger charge is -2.08. The van der Waals surface area contributed by atoms with Crippen LogP contribution in [0.4, 0.5) is 0 Å². The number of rotatable bonds is 3. The van der Waals surface area contributed by atoms with Gasteiger partial charge in [-0.05, 0) is 18.6 Å². The molecule has 0 aliphatic heterocycles. The number of benzene rings is 1. The molecule has 0 bridgehead atoms. The number of nitrogens with two attached hydrogens (primary N) is 1. The van der Waals surface area contributed by atoms with Crippen LogP contribution in [0.3, 0.4) is 0 Å². The summed E-state index contributed by atoms with van der Waals surface area (Å²) in [5.74, 6) is 0.600. The first kappa shape index (κ1) is 11.6. The van der Waals surface area contributed by atoms with Crippen LogP contribution in [0, 0.1) is 6.92 Å². The van der Waals surface area contributed by atoms with Gasteiger partial charge in [0.1, 0.15) is 0 Å². The number of hydrogen-bond acceptors (Lipinski definition) is 3. The van der Waals surface area contributed by atoms with Crippen molar-refractivity contribution >= 4 is 0 Å². The molecule has 1 heterocycles. The van der Waals surface area contributed by atoms with Crippen molar-refractivity contribution in [3.63, 3.8) is 0 Å². The van der Waals surface area contributed by atoms with Gasteiger partial charge in [-0.1, -0.05) is 29.8 Å². The summed E-state index contributed by atoms with van der Waals surface area (Å²) in [5, 5.41) is 0. The molecule has 3 nitrogen and oxygen atoms in total. The molecule has 0 unspecified atom stereocenters. The molecule has 0 aliphatic rings. The second-order valence-electron chi connectivity index (χ2n) is 3.96. The summed E-state index contributed by atoms with van der Waals surface area (Å²) < 4.78 is 5.16. The van der Waals surface area contributed by atoms with E-state index in [0.29, 0.717) is 12.4 Å². The van der Waals surface area contributed by atoms with Crippen molar-refractivity contribution in [1.82, 2.24) is 4.98 Å². The second kappa shape index (κ2) is 4.97. The Morgan fingerprint density at radius 2 is 1.88 bits per heavy atom. The Balaban J connectivity index is 2.42. The molecular weight excluding hydrogens is 212 g/mol. The standard InChI is InChI=1S/C14H16N2O/c1-10-3-5-11(6-4-10)13-7-12(8-15)14(17-2)16-9-13/h3-7,9H,8,15H2,1-2H3. The summed E-state index contributed by atoms with van der Waals surface area (Å²) in [7, 11) is 1.60. The van der Waals surface area contributed by atoms with Crippen LogP contribution in [-0.2, 0) is 6.54 Å². The average molecular weight is 228 g/mol. The fraction of sp³-hybridized carbons (Fsp3) is 0.214. The van der Waals surface area contributed by atoms with Gasteiger partial charge < -0.3 is 10.5 Å². The topological polar surface area (TPSA) is 48.1 Å². The molecule has 88 valence electrons. The fourth-order valence-electron chi connectivity index (χ4n) is 1.73. The highest BCUT2D eigenvalue weighted by Gasteiger charge is 2.05. The van der Waals surface area contributed by atoms with Gasteiger partial charge >= 0.3 is 0 Å². The zero-order valence-electron chi connectivity index (χ0n) is 10.1. The number of ether oxygens (including phenoxy) is 1. The van der Waals surface area contributed by atoms with Crippen LogP contribution in [-0.4, -0.2) is 12.1 Å². The molecule has 0 atom stereocenters. The minimum absolute atomic E-state index is 0.426. The van der Waals surface area contributed by atoms with Crippen molar-refractivity contribution in [1.29, 1.82) is 0 Å². The summed E-state index contributed by atoms with van der Waals surface area (Å²) in [6.07, 6.45) is 1.81. The molecule has 0 saturated carbocycles. The van der Waals surface area contributed by atoms with E-state index in [9.17, 15) is 0 Å². The fourth-order valence-corrected chi connectivity index (χ4v) is 1.73. The third kappa shape index (κ3) is 2.45. The smallest absolute Gasteiger partial charge is 0.217 e. The molecular formula is C14H16N2O. The lowest BCUT2D eigenvalue weighted by Crippen LogP contribution is -2.01. The normalized spacial score (nSPS) is 10.3. The Morgan fingerprint density at radius 3 is 2.47 bits per heavy atom. The van der Waals surface area contributed by atoms with Gasteiger partial charge in [0, 0.05) is 23.9 Å². The minimum atomic E-state index is 0.426. The van der Waals surface area contributed by atoms with Gasteiger partial charge in [-0.2, -0.15) is 0 Å². The van der Waals surface area contributed by atoms with E-state index in [-0.39, 0.29) is 0 Å². The molecule has 0 fully saturated rings. The van der Waals surface area contributed by atoms with Crippen LogP contribution in [0.2, 0.25) is 0 Å². The first-order valence-corrected chi connectivity index (χ1v) is 5.54. The van der Waals surface area contributed by atoms with E-state index in [1.54, 1.807) is 7.11 Å². The SMILES string of the molecule is COc1ncc(-c2ccc(C)cc2)cc1CN. The number of pyridine rings is 1. The molecule has 17 heavy (non-hydrogen) atoms. The van der Waals surface area contributed by atoms with Crippen molar-refractivity contribution in [2.75, 3.05) is 7.11 Å². The summed E-state index contributed by atoms with van der Waals surface area (Å²) in [5.41, 5.74) is 10.0. The summed E-state index contributed by atoms with van der Waals surface area (Å²) >= 11 is 0. The van der Waals surface area contributed by atoms with Gasteiger partial charge in [-0.15, -0.1) is 0 Å². The van der Waals surface area contributed by atoms with Gasteiger partial charge in [-0.25, -0.2) is 4.98 Å². The highest BCUT2D eigenvalue weighted by molar-refractivity contribution is 5.64. The van der Waals surface area contributed by atoms with E-state index in [1.165, 1.54) is 5.56 Å². The quantitative estimate of drug-likeness (QED) is 0.878. The van der Waals surface area contributed by atoms with Crippen LogP contribution in [0.15, 0.2) is 36.5 Å². The van der Waals surface area contributed by atoms with E-state index in [0.717, 1.165) is 16.7 Å². The highest BCUT2D eigenvalue weighted by Crippen LogP contribution is 2.24. The molecule has 1 aromatic heterocycles. The van der Waals surface area contributed by atoms with Crippen LogP contribution < -0.4 is 10.5 Å². The molecule has 0 aliphatic carbocycles. The van der Waals surface area contributed by atoms with Gasteiger partial charge in [0.05, 0.1) is 7.11 Å². The number of nitrogens with zero attached hydrogens (tertiary/aromatic N) is 1. The van der Waals surface area contributed by atoms with E-state index >= 15 is 0 Å². The van der Waals surface area contributed by atoms with Crippen molar-refractivity contribution in [2.24, 2.45) is 5.73 Å². The van der Waals surface area contributed by atoms with Crippen molar-refractivity contribution < 1.29 is 4.74 Å². The largest absolute Gasteiger partial charge is 0.481 e. The minimum Gasteiger partial charge on any atom is -0.481 e. The lowest BCUT2D eigenvalue weighted by atomic mass is 10.0. The molecule has 2 aromatic rings. The Labute approximate surface area is 101 Å². The van der Waals surface area contributed by atoms with Crippen LogP contribution in [0.5, 0.6) is 5.88 Å². The van der Waals surface area contributed by atoms with Gasteiger partial charge in [-0.3, -0.25) is 0 Å². The summed E-state index contributed by atoms with van der Waals surface area (Å²) in [6.45, 7) is 2.50. The predicted molar refractivity (Wildman–Crippen MR) is 68.9 cm³/mol. The number of aryl methyl sites for hydroxylation is 1. The van der Waals surface area contributed by atoms with Crippen LogP contribution >= 0.6 is 0 Å². The van der Waals surface area contributed by atoms with Crippen molar-refractivity contribution in [3.8, 4) is 17.0 Å². The molecule has 0 radical (unpaired) electrons. The number of aromatic nitrogens is 1. The second-order valence-corrected chi connectivity index (χ2v) is 3.96. The van der Waals surface area contributed by atoms with Crippen LogP contribution in [0.1, 0.15) is 11.1 Å². The maximum atomic E-state index is 5.68. The van der Waals surface area contributed by atoms with E-state index in [2.05, 4.69) is 36.2 Å². The summed E-state index contributed by atoms with van der Waals surface area (Å²) in [6, 6.07) is 10.4. The summed E-state index contributed by atoms with van der Waals surface area (Å²) in [4.78, 5) is 4.26. The first-order valence-electron chi connectivity index (χ1n) is 5.54. The van der Waals surface area contributed by atoms with Crippen molar-refractivity contribution in [2.45, 2.75) is 13.5 Å². The maximum Gasteiger partial charge on any atom is 0.217 e. The molecule has 3 heteroatoms. The monoisotopic (exact) mass is 228 g/mol. The zero-order valence-corrected chi connectivity index (χ0v) is 10.1.